The molecule has 7 heteroatoms. The molecule has 5 nitrogen and oxygen atoms in total. The van der Waals surface area contributed by atoms with Gasteiger partial charge in [0.1, 0.15) is 5.51 Å². The molecule has 1 unspecified atom stereocenters. The Morgan fingerprint density at radius 1 is 1.30 bits per heavy atom. The second-order valence-corrected chi connectivity index (χ2v) is 6.07. The lowest BCUT2D eigenvalue weighted by molar-refractivity contribution is 0.354. The minimum absolute atomic E-state index is 0.212. The van der Waals surface area contributed by atoms with Crippen LogP contribution in [-0.4, -0.2) is 37.2 Å². The Morgan fingerprint density at radius 3 is 2.70 bits per heavy atom. The Labute approximate surface area is 126 Å². The van der Waals surface area contributed by atoms with Crippen LogP contribution in [0.5, 0.6) is 11.5 Å². The molecule has 1 N–H and O–H groups in total. The summed E-state index contributed by atoms with van der Waals surface area (Å²) < 4.78 is 11.6. The van der Waals surface area contributed by atoms with E-state index in [0.717, 1.165) is 27.2 Å². The molecule has 0 bridgehead atoms. The van der Waals surface area contributed by atoms with Gasteiger partial charge in [0.05, 0.1) is 14.2 Å². The number of hydrogen-bond acceptors (Lipinski definition) is 7. The predicted octanol–water partition coefficient (Wildman–Crippen LogP) is 2.61. The van der Waals surface area contributed by atoms with E-state index < -0.39 is 0 Å². The van der Waals surface area contributed by atoms with Crippen molar-refractivity contribution in [3.63, 3.8) is 0 Å². The van der Waals surface area contributed by atoms with Crippen molar-refractivity contribution >= 4 is 23.1 Å². The predicted molar refractivity (Wildman–Crippen MR) is 82.0 cm³/mol. The first-order valence-corrected chi connectivity index (χ1v) is 7.93. The zero-order chi connectivity index (χ0) is 14.4. The van der Waals surface area contributed by atoms with E-state index in [2.05, 4.69) is 15.5 Å². The van der Waals surface area contributed by atoms with Crippen LogP contribution in [0.4, 0.5) is 0 Å². The Kier molecular flexibility index (Phi) is 5.63. The van der Waals surface area contributed by atoms with E-state index in [9.17, 15) is 0 Å². The van der Waals surface area contributed by atoms with Crippen molar-refractivity contribution in [3.05, 3.63) is 29.3 Å². The number of nitrogens with one attached hydrogen (secondary N) is 1. The van der Waals surface area contributed by atoms with E-state index in [0.29, 0.717) is 0 Å². The van der Waals surface area contributed by atoms with E-state index in [1.165, 1.54) is 0 Å². The number of hydrogen-bond donors (Lipinski definition) is 1. The van der Waals surface area contributed by atoms with Gasteiger partial charge in [-0.3, -0.25) is 0 Å². The summed E-state index contributed by atoms with van der Waals surface area (Å²) in [5.74, 6) is 2.36. The van der Waals surface area contributed by atoms with Gasteiger partial charge in [0.2, 0.25) is 0 Å². The van der Waals surface area contributed by atoms with Crippen LogP contribution in [0.15, 0.2) is 28.0 Å². The SMILES string of the molecule is CNC(CSc1nncs1)c1ccc(OC)c(OC)c1. The summed E-state index contributed by atoms with van der Waals surface area (Å²) in [5.41, 5.74) is 2.90. The molecule has 0 saturated heterocycles. The van der Waals surface area contributed by atoms with Gasteiger partial charge in [-0.2, -0.15) is 0 Å². The Morgan fingerprint density at radius 2 is 2.10 bits per heavy atom. The van der Waals surface area contributed by atoms with Gasteiger partial charge in [0, 0.05) is 11.8 Å². The van der Waals surface area contributed by atoms with Crippen molar-refractivity contribution in [1.29, 1.82) is 0 Å². The smallest absolute Gasteiger partial charge is 0.174 e. The minimum Gasteiger partial charge on any atom is -0.493 e. The topological polar surface area (TPSA) is 56.3 Å². The molecule has 20 heavy (non-hydrogen) atoms. The van der Waals surface area contributed by atoms with Gasteiger partial charge in [0.15, 0.2) is 15.8 Å². The van der Waals surface area contributed by atoms with Gasteiger partial charge in [-0.05, 0) is 24.7 Å². The molecule has 1 aromatic carbocycles. The lowest BCUT2D eigenvalue weighted by Crippen LogP contribution is -2.18. The quantitative estimate of drug-likeness (QED) is 0.793. The number of nitrogens with zero attached hydrogens (tertiary/aromatic N) is 2. The van der Waals surface area contributed by atoms with E-state index in [-0.39, 0.29) is 6.04 Å². The van der Waals surface area contributed by atoms with Crippen molar-refractivity contribution in [2.75, 3.05) is 27.0 Å². The fourth-order valence-corrected chi connectivity index (χ4v) is 3.45. The van der Waals surface area contributed by atoms with Gasteiger partial charge in [-0.25, -0.2) is 0 Å². The highest BCUT2D eigenvalue weighted by Crippen LogP contribution is 2.32. The van der Waals surface area contributed by atoms with Crippen molar-refractivity contribution < 1.29 is 9.47 Å². The third-order valence-corrected chi connectivity index (χ3v) is 4.83. The largest absolute Gasteiger partial charge is 0.493 e. The first kappa shape index (κ1) is 15.1. The maximum absolute atomic E-state index is 5.34. The summed E-state index contributed by atoms with van der Waals surface area (Å²) in [5, 5.41) is 11.2. The summed E-state index contributed by atoms with van der Waals surface area (Å²) in [7, 11) is 5.23. The van der Waals surface area contributed by atoms with Gasteiger partial charge in [0.25, 0.3) is 0 Å². The third kappa shape index (κ3) is 3.62. The van der Waals surface area contributed by atoms with Crippen molar-refractivity contribution in [3.8, 4) is 11.5 Å². The van der Waals surface area contributed by atoms with Crippen LogP contribution in [0, 0.1) is 0 Å². The van der Waals surface area contributed by atoms with Gasteiger partial charge in [-0.1, -0.05) is 29.2 Å². The molecule has 0 spiro atoms. The molecule has 0 aliphatic heterocycles. The monoisotopic (exact) mass is 311 g/mol. The second-order valence-electron chi connectivity index (χ2n) is 3.97. The Balaban J connectivity index is 2.10. The normalized spacial score (nSPS) is 12.2. The van der Waals surface area contributed by atoms with E-state index in [1.807, 2.05) is 25.2 Å². The second kappa shape index (κ2) is 7.47. The van der Waals surface area contributed by atoms with Crippen molar-refractivity contribution in [2.45, 2.75) is 10.4 Å². The molecule has 0 fully saturated rings. The fourth-order valence-electron chi connectivity index (χ4n) is 1.80. The van der Waals surface area contributed by atoms with Crippen LogP contribution in [0.1, 0.15) is 11.6 Å². The highest BCUT2D eigenvalue weighted by Gasteiger charge is 2.14. The highest BCUT2D eigenvalue weighted by molar-refractivity contribution is 8.01. The Hall–Kier alpha value is -1.31. The number of ether oxygens (including phenoxy) is 2. The molecule has 0 aliphatic carbocycles. The molecular weight excluding hydrogens is 294 g/mol. The first-order chi connectivity index (χ1) is 9.78. The van der Waals surface area contributed by atoms with Crippen LogP contribution in [-0.2, 0) is 0 Å². The molecule has 0 amide bonds. The number of thioether (sulfide) groups is 1. The van der Waals surface area contributed by atoms with E-state index in [4.69, 9.17) is 9.47 Å². The molecule has 1 heterocycles. The summed E-state index contributed by atoms with van der Waals surface area (Å²) in [6, 6.07) is 6.18. The van der Waals surface area contributed by atoms with Gasteiger partial charge in [-0.15, -0.1) is 10.2 Å². The maximum atomic E-state index is 5.34. The molecule has 1 aromatic heterocycles. The van der Waals surface area contributed by atoms with Crippen LogP contribution < -0.4 is 14.8 Å². The minimum atomic E-state index is 0.212. The van der Waals surface area contributed by atoms with Crippen LogP contribution in [0.2, 0.25) is 0 Å². The first-order valence-electron chi connectivity index (χ1n) is 6.06. The number of benzene rings is 1. The third-order valence-electron chi connectivity index (χ3n) is 2.87. The lowest BCUT2D eigenvalue weighted by Gasteiger charge is -2.17. The Bertz CT molecular complexity index is 534. The van der Waals surface area contributed by atoms with Crippen molar-refractivity contribution in [1.82, 2.24) is 15.5 Å². The average molecular weight is 311 g/mol. The molecule has 108 valence electrons. The van der Waals surface area contributed by atoms with E-state index >= 15 is 0 Å². The zero-order valence-electron chi connectivity index (χ0n) is 11.6. The molecule has 0 aliphatic rings. The molecule has 0 radical (unpaired) electrons. The molecule has 0 saturated carbocycles. The standard InChI is InChI=1S/C13H17N3O2S2/c1-14-10(7-19-13-16-15-8-20-13)9-4-5-11(17-2)12(6-9)18-3/h4-6,8,10,14H,7H2,1-3H3. The van der Waals surface area contributed by atoms with E-state index in [1.54, 1.807) is 42.8 Å². The highest BCUT2D eigenvalue weighted by atomic mass is 32.2. The number of aromatic nitrogens is 2. The van der Waals surface area contributed by atoms with Crippen LogP contribution >= 0.6 is 23.1 Å². The van der Waals surface area contributed by atoms with Crippen molar-refractivity contribution in [2.24, 2.45) is 0 Å². The number of methoxy groups -OCH3 is 2. The zero-order valence-corrected chi connectivity index (χ0v) is 13.3. The maximum Gasteiger partial charge on any atom is 0.174 e. The fraction of sp³-hybridized carbons (Fsp3) is 0.385. The van der Waals surface area contributed by atoms with Gasteiger partial charge >= 0.3 is 0 Å². The average Bonchev–Trinajstić information content (AvgIpc) is 3.01. The molecule has 2 aromatic rings. The summed E-state index contributed by atoms with van der Waals surface area (Å²) >= 11 is 3.24. The molecule has 2 rings (SSSR count). The van der Waals surface area contributed by atoms with Crippen LogP contribution in [0.3, 0.4) is 0 Å². The van der Waals surface area contributed by atoms with Crippen LogP contribution in [0.25, 0.3) is 0 Å². The lowest BCUT2D eigenvalue weighted by atomic mass is 10.1. The summed E-state index contributed by atoms with van der Waals surface area (Å²) in [6.07, 6.45) is 0. The summed E-state index contributed by atoms with van der Waals surface area (Å²) in [4.78, 5) is 0. The van der Waals surface area contributed by atoms with Gasteiger partial charge < -0.3 is 14.8 Å². The molecule has 1 atom stereocenters. The summed E-state index contributed by atoms with van der Waals surface area (Å²) in [6.45, 7) is 0. The molecular formula is C13H17N3O2S2. The number of rotatable bonds is 7.